The Morgan fingerprint density at radius 3 is 2.67 bits per heavy atom. The summed E-state index contributed by atoms with van der Waals surface area (Å²) in [6.45, 7) is 3.47. The summed E-state index contributed by atoms with van der Waals surface area (Å²) >= 11 is 6.23. The number of nitrogens with two attached hydrogens (primary N) is 2. The summed E-state index contributed by atoms with van der Waals surface area (Å²) in [6.07, 6.45) is 0.910. The Bertz CT molecular complexity index is 385. The molecule has 4 nitrogen and oxygen atoms in total. The van der Waals surface area contributed by atoms with E-state index in [1.807, 2.05) is 19.1 Å². The summed E-state index contributed by atoms with van der Waals surface area (Å²) in [5.74, 6) is 0.635. The third-order valence-corrected chi connectivity index (χ3v) is 2.83. The van der Waals surface area contributed by atoms with Crippen molar-refractivity contribution in [1.82, 2.24) is 0 Å². The number of hydrogen-bond acceptors (Lipinski definition) is 4. The molecular formula is C13H21ClN2O2. The minimum Gasteiger partial charge on any atom is -0.492 e. The quantitative estimate of drug-likeness (QED) is 0.799. The average Bonchev–Trinajstić information content (AvgIpc) is 2.36. The third-order valence-electron chi connectivity index (χ3n) is 2.55. The lowest BCUT2D eigenvalue weighted by Crippen LogP contribution is -2.22. The van der Waals surface area contributed by atoms with Crippen LogP contribution in [0.25, 0.3) is 0 Å². The molecule has 0 bridgehead atoms. The first-order valence-electron chi connectivity index (χ1n) is 6.03. The van der Waals surface area contributed by atoms with E-state index in [0.29, 0.717) is 30.5 Å². The van der Waals surface area contributed by atoms with Gasteiger partial charge in [-0.05, 0) is 24.1 Å². The van der Waals surface area contributed by atoms with Gasteiger partial charge in [0.1, 0.15) is 5.75 Å². The Balaban J connectivity index is 3.12. The summed E-state index contributed by atoms with van der Waals surface area (Å²) in [6, 6.07) is 3.49. The highest BCUT2D eigenvalue weighted by molar-refractivity contribution is 6.32. The predicted octanol–water partition coefficient (Wildman–Crippen LogP) is 2.23. The van der Waals surface area contributed by atoms with E-state index in [2.05, 4.69) is 0 Å². The molecule has 1 aromatic carbocycles. The van der Waals surface area contributed by atoms with Crippen molar-refractivity contribution in [2.24, 2.45) is 11.5 Å². The second-order valence-corrected chi connectivity index (χ2v) is 4.53. The van der Waals surface area contributed by atoms with Gasteiger partial charge in [-0.25, -0.2) is 0 Å². The van der Waals surface area contributed by atoms with E-state index < -0.39 is 0 Å². The van der Waals surface area contributed by atoms with Crippen LogP contribution in [0.5, 0.6) is 5.75 Å². The molecule has 102 valence electrons. The molecule has 0 aliphatic rings. The van der Waals surface area contributed by atoms with E-state index in [-0.39, 0.29) is 6.04 Å². The standard InChI is InChI=1S/C13H21ClN2O2/c1-3-4-18-13-10(12(16)7-15)5-9(8-17-2)6-11(13)14/h5-6,12H,3-4,7-8,15-16H2,1-2H3. The normalized spacial score (nSPS) is 12.5. The zero-order valence-electron chi connectivity index (χ0n) is 10.9. The van der Waals surface area contributed by atoms with E-state index in [4.69, 9.17) is 32.5 Å². The van der Waals surface area contributed by atoms with Crippen LogP contribution in [0.3, 0.4) is 0 Å². The molecule has 5 heteroatoms. The molecule has 18 heavy (non-hydrogen) atoms. The number of ether oxygens (including phenoxy) is 2. The Morgan fingerprint density at radius 2 is 2.11 bits per heavy atom. The molecule has 0 saturated heterocycles. The fourth-order valence-electron chi connectivity index (χ4n) is 1.68. The number of hydrogen-bond donors (Lipinski definition) is 2. The van der Waals surface area contributed by atoms with Crippen molar-refractivity contribution >= 4 is 11.6 Å². The van der Waals surface area contributed by atoms with E-state index in [0.717, 1.165) is 17.5 Å². The lowest BCUT2D eigenvalue weighted by Gasteiger charge is -2.18. The molecule has 0 aliphatic carbocycles. The van der Waals surface area contributed by atoms with Gasteiger partial charge < -0.3 is 20.9 Å². The molecule has 0 fully saturated rings. The Labute approximate surface area is 113 Å². The number of benzene rings is 1. The molecule has 0 saturated carbocycles. The second kappa shape index (κ2) is 7.59. The molecule has 4 N–H and O–H groups in total. The molecule has 0 spiro atoms. The van der Waals surface area contributed by atoms with Crippen molar-refractivity contribution in [1.29, 1.82) is 0 Å². The van der Waals surface area contributed by atoms with Crippen molar-refractivity contribution in [3.05, 3.63) is 28.3 Å². The van der Waals surface area contributed by atoms with Gasteiger partial charge in [-0.15, -0.1) is 0 Å². The van der Waals surface area contributed by atoms with Gasteiger partial charge in [0.05, 0.1) is 18.2 Å². The number of halogens is 1. The highest BCUT2D eigenvalue weighted by Gasteiger charge is 2.16. The van der Waals surface area contributed by atoms with E-state index in [1.165, 1.54) is 0 Å². The van der Waals surface area contributed by atoms with Gasteiger partial charge in [0.2, 0.25) is 0 Å². The maximum atomic E-state index is 6.23. The van der Waals surface area contributed by atoms with Crippen molar-refractivity contribution in [2.75, 3.05) is 20.3 Å². The second-order valence-electron chi connectivity index (χ2n) is 4.12. The van der Waals surface area contributed by atoms with Crippen LogP contribution in [-0.4, -0.2) is 20.3 Å². The van der Waals surface area contributed by atoms with E-state index in [9.17, 15) is 0 Å². The van der Waals surface area contributed by atoms with Crippen LogP contribution >= 0.6 is 11.6 Å². The highest BCUT2D eigenvalue weighted by atomic mass is 35.5. The summed E-state index contributed by atoms with van der Waals surface area (Å²) < 4.78 is 10.8. The van der Waals surface area contributed by atoms with E-state index >= 15 is 0 Å². The third kappa shape index (κ3) is 3.85. The minimum absolute atomic E-state index is 0.286. The van der Waals surface area contributed by atoms with Gasteiger partial charge in [0, 0.05) is 25.3 Å². The van der Waals surface area contributed by atoms with Gasteiger partial charge in [-0.2, -0.15) is 0 Å². The van der Waals surface area contributed by atoms with Crippen molar-refractivity contribution in [3.8, 4) is 5.75 Å². The number of methoxy groups -OCH3 is 1. The van der Waals surface area contributed by atoms with Crippen LogP contribution in [0.4, 0.5) is 0 Å². The van der Waals surface area contributed by atoms with E-state index in [1.54, 1.807) is 7.11 Å². The van der Waals surface area contributed by atoms with Crippen LogP contribution in [-0.2, 0) is 11.3 Å². The highest BCUT2D eigenvalue weighted by Crippen LogP contribution is 2.33. The molecule has 0 heterocycles. The van der Waals surface area contributed by atoms with Crippen LogP contribution in [0.1, 0.15) is 30.5 Å². The van der Waals surface area contributed by atoms with Gasteiger partial charge >= 0.3 is 0 Å². The smallest absolute Gasteiger partial charge is 0.142 e. The lowest BCUT2D eigenvalue weighted by atomic mass is 10.0. The molecule has 0 radical (unpaired) electrons. The zero-order valence-corrected chi connectivity index (χ0v) is 11.7. The molecule has 1 rings (SSSR count). The summed E-state index contributed by atoms with van der Waals surface area (Å²) in [4.78, 5) is 0. The minimum atomic E-state index is -0.286. The first-order chi connectivity index (χ1) is 8.63. The van der Waals surface area contributed by atoms with Crippen LogP contribution in [0, 0.1) is 0 Å². The predicted molar refractivity (Wildman–Crippen MR) is 73.9 cm³/mol. The molecule has 1 unspecified atom stereocenters. The number of rotatable bonds is 7. The van der Waals surface area contributed by atoms with Crippen molar-refractivity contribution in [3.63, 3.8) is 0 Å². The maximum absolute atomic E-state index is 6.23. The first kappa shape index (κ1) is 15.2. The van der Waals surface area contributed by atoms with Gasteiger partial charge in [0.25, 0.3) is 0 Å². The Kier molecular flexibility index (Phi) is 6.43. The van der Waals surface area contributed by atoms with Crippen LogP contribution in [0.15, 0.2) is 12.1 Å². The molecule has 0 aromatic heterocycles. The molecule has 1 aromatic rings. The summed E-state index contributed by atoms with van der Waals surface area (Å²) in [7, 11) is 1.64. The van der Waals surface area contributed by atoms with Gasteiger partial charge in [-0.3, -0.25) is 0 Å². The largest absolute Gasteiger partial charge is 0.492 e. The Morgan fingerprint density at radius 1 is 1.39 bits per heavy atom. The molecule has 0 amide bonds. The zero-order chi connectivity index (χ0) is 13.5. The van der Waals surface area contributed by atoms with Crippen LogP contribution in [0.2, 0.25) is 5.02 Å². The van der Waals surface area contributed by atoms with Gasteiger partial charge in [-0.1, -0.05) is 18.5 Å². The van der Waals surface area contributed by atoms with Gasteiger partial charge in [0.15, 0.2) is 0 Å². The SMILES string of the molecule is CCCOc1c(Cl)cc(COC)cc1C(N)CN. The average molecular weight is 273 g/mol. The summed E-state index contributed by atoms with van der Waals surface area (Å²) in [5, 5.41) is 0.553. The molecule has 1 atom stereocenters. The first-order valence-corrected chi connectivity index (χ1v) is 6.41. The molecular weight excluding hydrogens is 252 g/mol. The fraction of sp³-hybridized carbons (Fsp3) is 0.538. The van der Waals surface area contributed by atoms with Crippen LogP contribution < -0.4 is 16.2 Å². The maximum Gasteiger partial charge on any atom is 0.142 e. The monoisotopic (exact) mass is 272 g/mol. The topological polar surface area (TPSA) is 70.5 Å². The van der Waals surface area contributed by atoms with Crippen molar-refractivity contribution in [2.45, 2.75) is 26.0 Å². The molecule has 0 aliphatic heterocycles. The fourth-order valence-corrected chi connectivity index (χ4v) is 1.99. The van der Waals surface area contributed by atoms with Crippen molar-refractivity contribution < 1.29 is 9.47 Å². The summed E-state index contributed by atoms with van der Waals surface area (Å²) in [5.41, 5.74) is 13.4. The lowest BCUT2D eigenvalue weighted by molar-refractivity contribution is 0.184. The Hall–Kier alpha value is -0.810.